The van der Waals surface area contributed by atoms with E-state index in [9.17, 15) is 0 Å². The number of thiophene rings is 1. The number of aryl methyl sites for hydroxylation is 1. The van der Waals surface area contributed by atoms with Crippen LogP contribution in [0.2, 0.25) is 0 Å². The van der Waals surface area contributed by atoms with Crippen LogP contribution in [0.15, 0.2) is 64.4 Å². The lowest BCUT2D eigenvalue weighted by Gasteiger charge is -2.13. The van der Waals surface area contributed by atoms with Crippen LogP contribution in [-0.2, 0) is 5.75 Å². The predicted octanol–water partition coefficient (Wildman–Crippen LogP) is 7.46. The van der Waals surface area contributed by atoms with E-state index in [-0.39, 0.29) is 6.04 Å². The molecule has 7 heteroatoms. The van der Waals surface area contributed by atoms with Gasteiger partial charge in [0.2, 0.25) is 0 Å². The maximum Gasteiger partial charge on any atom is 0.192 e. The minimum atomic E-state index is 0.268. The summed E-state index contributed by atoms with van der Waals surface area (Å²) in [7, 11) is 0. The highest BCUT2D eigenvalue weighted by Gasteiger charge is 2.20. The van der Waals surface area contributed by atoms with Crippen LogP contribution in [0, 0.1) is 6.92 Å². The summed E-state index contributed by atoms with van der Waals surface area (Å²) in [6, 6.07) is 17.1. The summed E-state index contributed by atoms with van der Waals surface area (Å²) in [5.41, 5.74) is 4.70. The second-order valence-electron chi connectivity index (χ2n) is 7.66. The van der Waals surface area contributed by atoms with Crippen LogP contribution in [0.3, 0.4) is 0 Å². The molecule has 0 spiro atoms. The Morgan fingerprint density at radius 1 is 0.935 bits per heavy atom. The zero-order valence-electron chi connectivity index (χ0n) is 17.6. The van der Waals surface area contributed by atoms with E-state index in [1.54, 1.807) is 34.4 Å². The normalized spacial score (nSPS) is 11.6. The fourth-order valence-electron chi connectivity index (χ4n) is 3.62. The number of hydrogen-bond acceptors (Lipinski definition) is 6. The molecule has 0 atom stereocenters. The van der Waals surface area contributed by atoms with Crippen LogP contribution in [0.25, 0.3) is 32.0 Å². The molecule has 0 aliphatic heterocycles. The molecule has 0 bridgehead atoms. The average molecular weight is 463 g/mol. The van der Waals surface area contributed by atoms with Crippen molar-refractivity contribution in [2.45, 2.75) is 37.7 Å². The van der Waals surface area contributed by atoms with Gasteiger partial charge in [0.05, 0.1) is 5.69 Å². The summed E-state index contributed by atoms with van der Waals surface area (Å²) in [4.78, 5) is 4.87. The van der Waals surface area contributed by atoms with E-state index in [4.69, 9.17) is 4.98 Å². The lowest BCUT2D eigenvalue weighted by atomic mass is 10.1. The van der Waals surface area contributed by atoms with Crippen LogP contribution in [0.1, 0.15) is 31.1 Å². The number of nitrogens with zero attached hydrogens (tertiary/aromatic N) is 4. The third-order valence-corrected chi connectivity index (χ3v) is 8.04. The number of thiazole rings is 1. The second kappa shape index (κ2) is 8.57. The van der Waals surface area contributed by atoms with Crippen molar-refractivity contribution in [3.8, 4) is 22.0 Å². The lowest BCUT2D eigenvalue weighted by molar-refractivity contribution is 0.555. The Hall–Kier alpha value is -2.48. The number of hydrogen-bond donors (Lipinski definition) is 0. The Kier molecular flexibility index (Phi) is 5.65. The summed E-state index contributed by atoms with van der Waals surface area (Å²) in [6.45, 7) is 6.50. The minimum Gasteiger partial charge on any atom is -0.299 e. The van der Waals surface area contributed by atoms with E-state index in [2.05, 4.69) is 94.8 Å². The van der Waals surface area contributed by atoms with Gasteiger partial charge in [-0.3, -0.25) is 4.57 Å². The lowest BCUT2D eigenvalue weighted by Crippen LogP contribution is -2.05. The van der Waals surface area contributed by atoms with Gasteiger partial charge in [-0.05, 0) is 32.4 Å². The molecular weight excluding hydrogens is 440 g/mol. The first-order chi connectivity index (χ1) is 15.1. The maximum atomic E-state index is 4.87. The van der Waals surface area contributed by atoms with E-state index >= 15 is 0 Å². The second-order valence-corrected chi connectivity index (χ2v) is 10.4. The average Bonchev–Trinajstić information content (AvgIpc) is 3.50. The van der Waals surface area contributed by atoms with Gasteiger partial charge in [-0.1, -0.05) is 54.2 Å². The summed E-state index contributed by atoms with van der Waals surface area (Å²) >= 11 is 5.16. The van der Waals surface area contributed by atoms with E-state index in [0.717, 1.165) is 33.0 Å². The van der Waals surface area contributed by atoms with Gasteiger partial charge in [-0.15, -0.1) is 32.9 Å². The van der Waals surface area contributed by atoms with Crippen molar-refractivity contribution < 1.29 is 0 Å². The third kappa shape index (κ3) is 3.93. The number of rotatable bonds is 6. The van der Waals surface area contributed by atoms with Crippen LogP contribution < -0.4 is 0 Å². The van der Waals surface area contributed by atoms with Crippen molar-refractivity contribution in [1.29, 1.82) is 0 Å². The molecule has 2 aromatic carbocycles. The van der Waals surface area contributed by atoms with Crippen LogP contribution in [-0.4, -0.2) is 19.7 Å². The Balaban J connectivity index is 1.41. The Labute approximate surface area is 194 Å². The topological polar surface area (TPSA) is 43.6 Å². The SMILES string of the molecule is Cc1ccccc1-c1nc(CSc2nnc(-c3csc4ccccc34)n2C(C)C)cs1. The first kappa shape index (κ1) is 20.4. The zero-order chi connectivity index (χ0) is 21.4. The maximum absolute atomic E-state index is 4.87. The van der Waals surface area contributed by atoms with E-state index in [1.165, 1.54) is 21.2 Å². The fourth-order valence-corrected chi connectivity index (χ4v) is 6.54. The van der Waals surface area contributed by atoms with Crippen molar-refractivity contribution in [2.24, 2.45) is 0 Å². The molecule has 156 valence electrons. The highest BCUT2D eigenvalue weighted by atomic mass is 32.2. The molecule has 3 heterocycles. The smallest absolute Gasteiger partial charge is 0.192 e. The fraction of sp³-hybridized carbons (Fsp3) is 0.208. The van der Waals surface area contributed by atoms with Crippen LogP contribution in [0.4, 0.5) is 0 Å². The summed E-state index contributed by atoms with van der Waals surface area (Å²) in [5, 5.41) is 16.7. The summed E-state index contributed by atoms with van der Waals surface area (Å²) in [5.74, 6) is 1.71. The highest BCUT2D eigenvalue weighted by molar-refractivity contribution is 7.98. The van der Waals surface area contributed by atoms with Gasteiger partial charge in [-0.25, -0.2) is 4.98 Å². The van der Waals surface area contributed by atoms with Gasteiger partial charge in [-0.2, -0.15) is 0 Å². The van der Waals surface area contributed by atoms with Crippen molar-refractivity contribution in [1.82, 2.24) is 19.7 Å². The van der Waals surface area contributed by atoms with E-state index in [1.807, 2.05) is 0 Å². The first-order valence-corrected chi connectivity index (χ1v) is 12.9. The standard InChI is InChI=1S/C24H22N4S3/c1-15(2)28-22(20-14-29-21-11-7-6-10-19(20)21)26-27-24(28)31-13-17-12-30-23(25-17)18-9-5-4-8-16(18)3/h4-12,14-15H,13H2,1-3H3. The van der Waals surface area contributed by atoms with Gasteiger partial charge in [0.1, 0.15) is 5.01 Å². The van der Waals surface area contributed by atoms with Crippen molar-refractivity contribution in [3.05, 3.63) is 70.5 Å². The largest absolute Gasteiger partial charge is 0.299 e. The molecule has 4 nitrogen and oxygen atoms in total. The number of fused-ring (bicyclic) bond motifs is 1. The minimum absolute atomic E-state index is 0.268. The molecule has 0 fully saturated rings. The molecule has 0 aliphatic rings. The molecule has 0 saturated heterocycles. The monoisotopic (exact) mass is 462 g/mol. The van der Waals surface area contributed by atoms with Gasteiger partial charge >= 0.3 is 0 Å². The number of benzene rings is 2. The predicted molar refractivity (Wildman–Crippen MR) is 133 cm³/mol. The third-order valence-electron chi connectivity index (χ3n) is 5.18. The number of thioether (sulfide) groups is 1. The number of aromatic nitrogens is 4. The van der Waals surface area contributed by atoms with Gasteiger partial charge < -0.3 is 0 Å². The molecule has 5 rings (SSSR count). The molecule has 0 amide bonds. The highest BCUT2D eigenvalue weighted by Crippen LogP contribution is 2.36. The summed E-state index contributed by atoms with van der Waals surface area (Å²) < 4.78 is 3.52. The quantitative estimate of drug-likeness (QED) is 0.246. The Bertz CT molecular complexity index is 1350. The van der Waals surface area contributed by atoms with Gasteiger partial charge in [0, 0.05) is 43.8 Å². The van der Waals surface area contributed by atoms with E-state index in [0.29, 0.717) is 0 Å². The van der Waals surface area contributed by atoms with Crippen LogP contribution in [0.5, 0.6) is 0 Å². The van der Waals surface area contributed by atoms with Crippen molar-refractivity contribution >= 4 is 44.5 Å². The van der Waals surface area contributed by atoms with Crippen molar-refractivity contribution in [3.63, 3.8) is 0 Å². The zero-order valence-corrected chi connectivity index (χ0v) is 20.0. The molecule has 3 aromatic heterocycles. The molecule has 0 unspecified atom stereocenters. The first-order valence-electron chi connectivity index (χ1n) is 10.2. The Morgan fingerprint density at radius 2 is 1.74 bits per heavy atom. The molecule has 0 aliphatic carbocycles. The molecule has 0 saturated carbocycles. The molecule has 5 aromatic rings. The van der Waals surface area contributed by atoms with Gasteiger partial charge in [0.15, 0.2) is 11.0 Å². The van der Waals surface area contributed by atoms with Gasteiger partial charge in [0.25, 0.3) is 0 Å². The Morgan fingerprint density at radius 3 is 2.58 bits per heavy atom. The summed E-state index contributed by atoms with van der Waals surface area (Å²) in [6.07, 6.45) is 0. The molecule has 0 N–H and O–H groups in total. The molecule has 0 radical (unpaired) electrons. The molecular formula is C24H22N4S3. The van der Waals surface area contributed by atoms with Crippen LogP contribution >= 0.6 is 34.4 Å². The van der Waals surface area contributed by atoms with Crippen molar-refractivity contribution in [2.75, 3.05) is 0 Å². The molecule has 31 heavy (non-hydrogen) atoms. The van der Waals surface area contributed by atoms with E-state index < -0.39 is 0 Å².